The quantitative estimate of drug-likeness (QED) is 0.575. The summed E-state index contributed by atoms with van der Waals surface area (Å²) in [5.41, 5.74) is 1.69. The topological polar surface area (TPSA) is 67.4 Å². The molecule has 1 unspecified atom stereocenters. The Balaban J connectivity index is 1.70. The van der Waals surface area contributed by atoms with E-state index in [0.717, 1.165) is 25.0 Å². The van der Waals surface area contributed by atoms with E-state index in [1.54, 1.807) is 36.4 Å². The van der Waals surface area contributed by atoms with Gasteiger partial charge in [-0.2, -0.15) is 0 Å². The molecular weight excluding hydrogens is 352 g/mol. The summed E-state index contributed by atoms with van der Waals surface area (Å²) >= 11 is 0. The number of carbonyl (C=O) groups excluding carboxylic acids is 2. The molecule has 2 aromatic rings. The normalized spacial score (nSPS) is 16.9. The van der Waals surface area contributed by atoms with Crippen LogP contribution in [-0.4, -0.2) is 31.1 Å². The molecule has 3 rings (SSSR count). The molecule has 5 heteroatoms. The molecule has 144 valence electrons. The van der Waals surface area contributed by atoms with Gasteiger partial charge in [0.1, 0.15) is 5.70 Å². The summed E-state index contributed by atoms with van der Waals surface area (Å²) in [6.45, 7) is 1.16. The molecular formula is C23H24N2O3. The second-order valence-electron chi connectivity index (χ2n) is 6.52. The standard InChI is InChI=1S/C23H24N2O3/c26-22(19-12-5-2-6-13-19)25-21(15-7-11-18-9-3-1-4-10-18)23(27)24-17-20-14-8-16-28-20/h1-7,9-13,15,20H,8,14,16-17H2,(H,24,27)(H,25,26)/b11-7-,21-15+. The summed E-state index contributed by atoms with van der Waals surface area (Å²) in [5.74, 6) is -0.662. The number of hydrogen-bond donors (Lipinski definition) is 2. The number of carbonyl (C=O) groups is 2. The largest absolute Gasteiger partial charge is 0.376 e. The van der Waals surface area contributed by atoms with Crippen molar-refractivity contribution >= 4 is 17.9 Å². The monoisotopic (exact) mass is 376 g/mol. The zero-order chi connectivity index (χ0) is 19.6. The summed E-state index contributed by atoms with van der Waals surface area (Å²) in [6.07, 6.45) is 7.22. The van der Waals surface area contributed by atoms with E-state index in [1.165, 1.54) is 0 Å². The molecule has 0 bridgehead atoms. The van der Waals surface area contributed by atoms with Crippen LogP contribution < -0.4 is 10.6 Å². The van der Waals surface area contributed by atoms with Gasteiger partial charge >= 0.3 is 0 Å². The van der Waals surface area contributed by atoms with Crippen molar-refractivity contribution in [2.45, 2.75) is 18.9 Å². The molecule has 1 aliphatic heterocycles. The molecule has 1 aliphatic rings. The van der Waals surface area contributed by atoms with E-state index >= 15 is 0 Å². The summed E-state index contributed by atoms with van der Waals surface area (Å²) < 4.78 is 5.54. The van der Waals surface area contributed by atoms with Crippen molar-refractivity contribution in [3.8, 4) is 0 Å². The Hall–Kier alpha value is -3.18. The van der Waals surface area contributed by atoms with Crippen molar-refractivity contribution in [1.29, 1.82) is 0 Å². The van der Waals surface area contributed by atoms with Crippen LogP contribution in [0.15, 0.2) is 78.5 Å². The van der Waals surface area contributed by atoms with Crippen molar-refractivity contribution in [2.24, 2.45) is 0 Å². The second-order valence-corrected chi connectivity index (χ2v) is 6.52. The molecule has 2 N–H and O–H groups in total. The van der Waals surface area contributed by atoms with Crippen molar-refractivity contribution in [2.75, 3.05) is 13.2 Å². The summed E-state index contributed by atoms with van der Waals surface area (Å²) in [4.78, 5) is 25.1. The van der Waals surface area contributed by atoms with E-state index in [-0.39, 0.29) is 23.6 Å². The number of benzene rings is 2. The highest BCUT2D eigenvalue weighted by molar-refractivity contribution is 6.03. The first-order valence-corrected chi connectivity index (χ1v) is 9.42. The predicted octanol–water partition coefficient (Wildman–Crippen LogP) is 3.31. The minimum absolute atomic E-state index is 0.0369. The van der Waals surface area contributed by atoms with Crippen molar-refractivity contribution in [1.82, 2.24) is 10.6 Å². The number of ether oxygens (including phenoxy) is 1. The third kappa shape index (κ3) is 5.93. The van der Waals surface area contributed by atoms with Gasteiger partial charge in [-0.15, -0.1) is 0 Å². The maximum absolute atomic E-state index is 12.6. The van der Waals surface area contributed by atoms with Crippen LogP contribution in [0.3, 0.4) is 0 Å². The van der Waals surface area contributed by atoms with Crippen LogP contribution in [-0.2, 0) is 9.53 Å². The van der Waals surface area contributed by atoms with Crippen LogP contribution >= 0.6 is 0 Å². The Morgan fingerprint density at radius 1 is 1.04 bits per heavy atom. The highest BCUT2D eigenvalue weighted by Crippen LogP contribution is 2.11. The van der Waals surface area contributed by atoms with Crippen molar-refractivity contribution in [3.63, 3.8) is 0 Å². The molecule has 1 saturated heterocycles. The molecule has 1 heterocycles. The minimum Gasteiger partial charge on any atom is -0.376 e. The molecule has 1 atom stereocenters. The highest BCUT2D eigenvalue weighted by atomic mass is 16.5. The molecule has 1 fully saturated rings. The van der Waals surface area contributed by atoms with Crippen LogP contribution in [0.5, 0.6) is 0 Å². The van der Waals surface area contributed by atoms with Gasteiger partial charge in [0, 0.05) is 18.7 Å². The first-order chi connectivity index (χ1) is 13.7. The zero-order valence-corrected chi connectivity index (χ0v) is 15.6. The van der Waals surface area contributed by atoms with E-state index < -0.39 is 0 Å². The van der Waals surface area contributed by atoms with E-state index in [2.05, 4.69) is 10.6 Å². The van der Waals surface area contributed by atoms with Crippen LogP contribution in [0.2, 0.25) is 0 Å². The zero-order valence-electron chi connectivity index (χ0n) is 15.6. The van der Waals surface area contributed by atoms with E-state index in [0.29, 0.717) is 12.1 Å². The third-order valence-corrected chi connectivity index (χ3v) is 4.39. The average Bonchev–Trinajstić information content (AvgIpc) is 3.26. The molecule has 2 aromatic carbocycles. The first-order valence-electron chi connectivity index (χ1n) is 9.42. The Morgan fingerprint density at radius 2 is 1.75 bits per heavy atom. The minimum atomic E-state index is -0.336. The molecule has 0 aliphatic carbocycles. The number of allylic oxidation sites excluding steroid dienone is 2. The van der Waals surface area contributed by atoms with E-state index in [4.69, 9.17) is 4.74 Å². The predicted molar refractivity (Wildman–Crippen MR) is 109 cm³/mol. The summed E-state index contributed by atoms with van der Waals surface area (Å²) in [5, 5.41) is 5.56. The number of nitrogens with one attached hydrogen (secondary N) is 2. The smallest absolute Gasteiger partial charge is 0.267 e. The lowest BCUT2D eigenvalue weighted by Gasteiger charge is -2.13. The maximum Gasteiger partial charge on any atom is 0.267 e. The molecule has 2 amide bonds. The van der Waals surface area contributed by atoms with Gasteiger partial charge in [-0.3, -0.25) is 9.59 Å². The SMILES string of the molecule is O=C(NCC1CCCO1)/C(=C\C=C/c1ccccc1)NC(=O)c1ccccc1. The lowest BCUT2D eigenvalue weighted by molar-refractivity contribution is -0.118. The van der Waals surface area contributed by atoms with Gasteiger partial charge < -0.3 is 15.4 Å². The van der Waals surface area contributed by atoms with Crippen molar-refractivity contribution < 1.29 is 14.3 Å². The Labute approximate surface area is 165 Å². The summed E-state index contributed by atoms with van der Waals surface area (Å²) in [6, 6.07) is 18.6. The number of hydrogen-bond acceptors (Lipinski definition) is 3. The van der Waals surface area contributed by atoms with Crippen LogP contribution in [0.25, 0.3) is 6.08 Å². The van der Waals surface area contributed by atoms with Gasteiger partial charge in [-0.05, 0) is 36.6 Å². The third-order valence-electron chi connectivity index (χ3n) is 4.39. The van der Waals surface area contributed by atoms with Gasteiger partial charge in [0.15, 0.2) is 0 Å². The summed E-state index contributed by atoms with van der Waals surface area (Å²) in [7, 11) is 0. The fourth-order valence-corrected chi connectivity index (χ4v) is 2.88. The van der Waals surface area contributed by atoms with Crippen LogP contribution in [0, 0.1) is 0 Å². The Kier molecular flexibility index (Phi) is 7.15. The van der Waals surface area contributed by atoms with Gasteiger partial charge in [-0.1, -0.05) is 60.7 Å². The van der Waals surface area contributed by atoms with Crippen molar-refractivity contribution in [3.05, 3.63) is 89.6 Å². The Bertz CT molecular complexity index is 839. The maximum atomic E-state index is 12.6. The average molecular weight is 376 g/mol. The number of rotatable bonds is 7. The van der Waals surface area contributed by atoms with Crippen LogP contribution in [0.1, 0.15) is 28.8 Å². The second kappa shape index (κ2) is 10.2. The first kappa shape index (κ1) is 19.6. The van der Waals surface area contributed by atoms with Gasteiger partial charge in [0.25, 0.3) is 11.8 Å². The highest BCUT2D eigenvalue weighted by Gasteiger charge is 2.18. The Morgan fingerprint density at radius 3 is 2.43 bits per heavy atom. The van der Waals surface area contributed by atoms with Gasteiger partial charge in [0.2, 0.25) is 0 Å². The van der Waals surface area contributed by atoms with Gasteiger partial charge in [0.05, 0.1) is 6.10 Å². The van der Waals surface area contributed by atoms with Gasteiger partial charge in [-0.25, -0.2) is 0 Å². The van der Waals surface area contributed by atoms with E-state index in [9.17, 15) is 9.59 Å². The van der Waals surface area contributed by atoms with E-state index in [1.807, 2.05) is 42.5 Å². The molecule has 0 saturated carbocycles. The number of amides is 2. The fraction of sp³-hybridized carbons (Fsp3) is 0.217. The van der Waals surface area contributed by atoms with Crippen LogP contribution in [0.4, 0.5) is 0 Å². The molecule has 28 heavy (non-hydrogen) atoms. The molecule has 0 aromatic heterocycles. The lowest BCUT2D eigenvalue weighted by Crippen LogP contribution is -2.38. The molecule has 0 radical (unpaired) electrons. The molecule has 0 spiro atoms. The fourth-order valence-electron chi connectivity index (χ4n) is 2.88. The lowest BCUT2D eigenvalue weighted by atomic mass is 10.2. The molecule has 5 nitrogen and oxygen atoms in total.